The molecule has 2 atom stereocenters. The van der Waals surface area contributed by atoms with E-state index in [-0.39, 0.29) is 24.1 Å². The van der Waals surface area contributed by atoms with Crippen LogP contribution >= 0.6 is 0 Å². The minimum Gasteiger partial charge on any atom is -0.508 e. The molecule has 6 nitrogen and oxygen atoms in total. The number of phenolic OH excluding ortho intramolecular Hbond substituents is 1. The standard InChI is InChI=1S/C28H35NO5/c1-20-18-24(30)14-15-25(20)21-8-6-9-22(19-21)26(31)16-13-23-10-7-11-27(32)29(23)17-5-3-2-4-12-28(33)34/h6,8-9,13-16,18-19,23,26,30-31H,2-5,7,10-12,17H2,1H3,(H,33,34)/b16-13+/t23-,26?/m1/s1. The number of aliphatic hydroxyl groups is 1. The fourth-order valence-corrected chi connectivity index (χ4v) is 4.56. The van der Waals surface area contributed by atoms with Crippen LogP contribution < -0.4 is 0 Å². The lowest BCUT2D eigenvalue weighted by molar-refractivity contribution is -0.137. The van der Waals surface area contributed by atoms with Crippen LogP contribution in [-0.2, 0) is 9.59 Å². The van der Waals surface area contributed by atoms with E-state index in [0.29, 0.717) is 19.4 Å². The quantitative estimate of drug-likeness (QED) is 0.306. The number of phenols is 1. The summed E-state index contributed by atoms with van der Waals surface area (Å²) in [6.45, 7) is 2.60. The Morgan fingerprint density at radius 1 is 1.15 bits per heavy atom. The van der Waals surface area contributed by atoms with Crippen LogP contribution in [0.2, 0.25) is 0 Å². The molecule has 1 fully saturated rings. The summed E-state index contributed by atoms with van der Waals surface area (Å²) in [5.74, 6) is -0.392. The van der Waals surface area contributed by atoms with Crippen molar-refractivity contribution in [3.63, 3.8) is 0 Å². The monoisotopic (exact) mass is 465 g/mol. The third-order valence-corrected chi connectivity index (χ3v) is 6.42. The van der Waals surface area contributed by atoms with E-state index in [9.17, 15) is 19.8 Å². The summed E-state index contributed by atoms with van der Waals surface area (Å²) in [5, 5.41) is 29.2. The Bertz CT molecular complexity index is 1020. The number of hydrogen-bond donors (Lipinski definition) is 3. The molecular formula is C28H35NO5. The number of likely N-dealkylation sites (tertiary alicyclic amines) is 1. The number of aliphatic hydroxyl groups excluding tert-OH is 1. The molecule has 0 aromatic heterocycles. The second-order valence-corrected chi connectivity index (χ2v) is 9.06. The fourth-order valence-electron chi connectivity index (χ4n) is 4.56. The molecule has 0 bridgehead atoms. The number of aliphatic carboxylic acids is 1. The predicted molar refractivity (Wildman–Crippen MR) is 132 cm³/mol. The molecule has 182 valence electrons. The van der Waals surface area contributed by atoms with E-state index in [1.807, 2.05) is 48.2 Å². The fraction of sp³-hybridized carbons (Fsp3) is 0.429. The van der Waals surface area contributed by atoms with Gasteiger partial charge < -0.3 is 20.2 Å². The second-order valence-electron chi connectivity index (χ2n) is 9.06. The normalized spacial score (nSPS) is 17.3. The molecule has 1 aliphatic rings. The van der Waals surface area contributed by atoms with E-state index in [4.69, 9.17) is 5.11 Å². The minimum atomic E-state index is -0.785. The van der Waals surface area contributed by atoms with Crippen molar-refractivity contribution in [1.82, 2.24) is 4.90 Å². The molecule has 1 heterocycles. The molecule has 2 aromatic rings. The zero-order valence-corrected chi connectivity index (χ0v) is 19.8. The molecule has 1 saturated heterocycles. The Hall–Kier alpha value is -3.12. The van der Waals surface area contributed by atoms with E-state index in [0.717, 1.165) is 54.4 Å². The molecule has 1 aliphatic heterocycles. The Morgan fingerprint density at radius 3 is 2.71 bits per heavy atom. The SMILES string of the molecule is Cc1cc(O)ccc1-c1cccc(C(O)/C=C/[C@H]2CCCC(=O)N2CCCCCCC(=O)O)c1. The number of benzene rings is 2. The summed E-state index contributed by atoms with van der Waals surface area (Å²) in [4.78, 5) is 25.0. The van der Waals surface area contributed by atoms with Gasteiger partial charge in [0.2, 0.25) is 5.91 Å². The van der Waals surface area contributed by atoms with Crippen LogP contribution in [0.15, 0.2) is 54.6 Å². The summed E-state index contributed by atoms with van der Waals surface area (Å²) in [5.41, 5.74) is 3.71. The molecule has 0 saturated carbocycles. The third-order valence-electron chi connectivity index (χ3n) is 6.42. The third kappa shape index (κ3) is 7.19. The molecule has 34 heavy (non-hydrogen) atoms. The Balaban J connectivity index is 1.62. The van der Waals surface area contributed by atoms with Gasteiger partial charge in [-0.3, -0.25) is 9.59 Å². The van der Waals surface area contributed by atoms with Gasteiger partial charge in [-0.25, -0.2) is 0 Å². The second kappa shape index (κ2) is 12.4. The smallest absolute Gasteiger partial charge is 0.303 e. The number of aromatic hydroxyl groups is 1. The lowest BCUT2D eigenvalue weighted by atomic mass is 9.96. The van der Waals surface area contributed by atoms with Crippen molar-refractivity contribution in [2.45, 2.75) is 70.4 Å². The lowest BCUT2D eigenvalue weighted by Gasteiger charge is -2.34. The number of aryl methyl sites for hydroxylation is 1. The van der Waals surface area contributed by atoms with Gasteiger partial charge in [-0.15, -0.1) is 0 Å². The number of rotatable bonds is 11. The summed E-state index contributed by atoms with van der Waals surface area (Å²) < 4.78 is 0. The van der Waals surface area contributed by atoms with Crippen LogP contribution in [0.4, 0.5) is 0 Å². The van der Waals surface area contributed by atoms with E-state index < -0.39 is 12.1 Å². The van der Waals surface area contributed by atoms with Gasteiger partial charge in [-0.2, -0.15) is 0 Å². The van der Waals surface area contributed by atoms with Crippen LogP contribution in [0.3, 0.4) is 0 Å². The lowest BCUT2D eigenvalue weighted by Crippen LogP contribution is -2.43. The first-order valence-corrected chi connectivity index (χ1v) is 12.1. The van der Waals surface area contributed by atoms with E-state index in [1.54, 1.807) is 18.2 Å². The minimum absolute atomic E-state index is 0.0301. The van der Waals surface area contributed by atoms with Gasteiger partial charge in [0.1, 0.15) is 5.75 Å². The molecule has 0 radical (unpaired) electrons. The molecular weight excluding hydrogens is 430 g/mol. The number of carbonyl (C=O) groups is 2. The van der Waals surface area contributed by atoms with Crippen molar-refractivity contribution in [2.75, 3.05) is 6.54 Å². The highest BCUT2D eigenvalue weighted by molar-refractivity contribution is 5.77. The number of hydrogen-bond acceptors (Lipinski definition) is 4. The molecule has 1 amide bonds. The number of unbranched alkanes of at least 4 members (excludes halogenated alkanes) is 3. The number of carboxylic acid groups (broad SMARTS) is 1. The van der Waals surface area contributed by atoms with Crippen molar-refractivity contribution in [1.29, 1.82) is 0 Å². The largest absolute Gasteiger partial charge is 0.508 e. The first-order valence-electron chi connectivity index (χ1n) is 12.1. The van der Waals surface area contributed by atoms with Crippen LogP contribution in [0.1, 0.15) is 68.6 Å². The average Bonchev–Trinajstić information content (AvgIpc) is 2.80. The van der Waals surface area contributed by atoms with Gasteiger partial charge in [0.15, 0.2) is 0 Å². The number of carboxylic acids is 1. The van der Waals surface area contributed by atoms with Gasteiger partial charge in [-0.1, -0.05) is 49.3 Å². The first kappa shape index (κ1) is 25.5. The number of nitrogens with zero attached hydrogens (tertiary/aromatic N) is 1. The van der Waals surface area contributed by atoms with Crippen molar-refractivity contribution >= 4 is 11.9 Å². The summed E-state index contributed by atoms with van der Waals surface area (Å²) in [7, 11) is 0. The predicted octanol–water partition coefficient (Wildman–Crippen LogP) is 5.37. The molecule has 2 aromatic carbocycles. The van der Waals surface area contributed by atoms with Gasteiger partial charge >= 0.3 is 5.97 Å². The van der Waals surface area contributed by atoms with Crippen LogP contribution in [-0.4, -0.2) is 44.7 Å². The van der Waals surface area contributed by atoms with Gasteiger partial charge in [0.05, 0.1) is 12.1 Å². The zero-order valence-electron chi connectivity index (χ0n) is 19.8. The van der Waals surface area contributed by atoms with Crippen LogP contribution in [0.25, 0.3) is 11.1 Å². The van der Waals surface area contributed by atoms with Crippen LogP contribution in [0.5, 0.6) is 5.75 Å². The van der Waals surface area contributed by atoms with Crippen molar-refractivity contribution in [3.8, 4) is 16.9 Å². The van der Waals surface area contributed by atoms with Gasteiger partial charge in [0.25, 0.3) is 0 Å². The average molecular weight is 466 g/mol. The molecule has 3 N–H and O–H groups in total. The number of carbonyl (C=O) groups excluding carboxylic acids is 1. The highest BCUT2D eigenvalue weighted by Crippen LogP contribution is 2.29. The van der Waals surface area contributed by atoms with E-state index in [2.05, 4.69) is 0 Å². The highest BCUT2D eigenvalue weighted by atomic mass is 16.4. The molecule has 0 aliphatic carbocycles. The summed E-state index contributed by atoms with van der Waals surface area (Å²) in [6.07, 6.45) is 8.68. The highest BCUT2D eigenvalue weighted by Gasteiger charge is 2.25. The molecule has 6 heteroatoms. The number of amides is 1. The van der Waals surface area contributed by atoms with Gasteiger partial charge in [-0.05, 0) is 73.1 Å². The first-order chi connectivity index (χ1) is 16.3. The van der Waals surface area contributed by atoms with Crippen molar-refractivity contribution in [3.05, 3.63) is 65.7 Å². The summed E-state index contributed by atoms with van der Waals surface area (Å²) in [6, 6.07) is 13.0. The molecule has 0 spiro atoms. The topological polar surface area (TPSA) is 98.1 Å². The van der Waals surface area contributed by atoms with Crippen molar-refractivity contribution in [2.24, 2.45) is 0 Å². The maximum atomic E-state index is 12.5. The maximum Gasteiger partial charge on any atom is 0.303 e. The maximum absolute atomic E-state index is 12.5. The van der Waals surface area contributed by atoms with E-state index in [1.165, 1.54) is 0 Å². The molecule has 3 rings (SSSR count). The van der Waals surface area contributed by atoms with E-state index >= 15 is 0 Å². The zero-order chi connectivity index (χ0) is 24.5. The van der Waals surface area contributed by atoms with Crippen molar-refractivity contribution < 1.29 is 24.9 Å². The van der Waals surface area contributed by atoms with Gasteiger partial charge in [0, 0.05) is 19.4 Å². The summed E-state index contributed by atoms with van der Waals surface area (Å²) >= 11 is 0. The Morgan fingerprint density at radius 2 is 1.94 bits per heavy atom. The Kier molecular flexibility index (Phi) is 9.28. The Labute approximate surface area is 201 Å². The molecule has 1 unspecified atom stereocenters. The van der Waals surface area contributed by atoms with Crippen LogP contribution in [0, 0.1) is 6.92 Å². The number of piperidine rings is 1.